The minimum atomic E-state index is -0.887. The van der Waals surface area contributed by atoms with Gasteiger partial charge in [0.05, 0.1) is 11.8 Å². The Morgan fingerprint density at radius 3 is 2.18 bits per heavy atom. The molecule has 0 bridgehead atoms. The lowest BCUT2D eigenvalue weighted by Gasteiger charge is -2.19. The van der Waals surface area contributed by atoms with Crippen molar-refractivity contribution in [1.82, 2.24) is 4.90 Å². The average Bonchev–Trinajstić information content (AvgIpc) is 2.54. The van der Waals surface area contributed by atoms with Crippen molar-refractivity contribution in [1.29, 1.82) is 0 Å². The predicted octanol–water partition coefficient (Wildman–Crippen LogP) is 1.03. The van der Waals surface area contributed by atoms with Crippen LogP contribution < -0.4 is 0 Å². The van der Waals surface area contributed by atoms with Gasteiger partial charge >= 0.3 is 5.97 Å². The number of carboxylic acid groups (broad SMARTS) is 1. The minimum Gasteiger partial charge on any atom is -0.481 e. The van der Waals surface area contributed by atoms with Crippen LogP contribution in [0, 0.1) is 11.8 Å². The van der Waals surface area contributed by atoms with E-state index in [9.17, 15) is 14.4 Å². The molecule has 5 nitrogen and oxygen atoms in total. The van der Waals surface area contributed by atoms with Crippen molar-refractivity contribution in [2.75, 3.05) is 6.54 Å². The molecule has 0 unspecified atom stereocenters. The van der Waals surface area contributed by atoms with Crippen molar-refractivity contribution >= 4 is 17.8 Å². The molecule has 1 heterocycles. The van der Waals surface area contributed by atoms with E-state index in [-0.39, 0.29) is 36.6 Å². The summed E-state index contributed by atoms with van der Waals surface area (Å²) in [6.07, 6.45) is 4.01. The summed E-state index contributed by atoms with van der Waals surface area (Å²) in [6, 6.07) is 0. The highest BCUT2D eigenvalue weighted by Crippen LogP contribution is 2.37. The number of imide groups is 1. The minimum absolute atomic E-state index is 0.00634. The summed E-state index contributed by atoms with van der Waals surface area (Å²) in [5.74, 6) is -1.29. The molecule has 0 aromatic carbocycles. The predicted molar refractivity (Wildman–Crippen MR) is 59.0 cm³/mol. The summed E-state index contributed by atoms with van der Waals surface area (Å²) in [4.78, 5) is 35.6. The molecule has 0 radical (unpaired) electrons. The van der Waals surface area contributed by atoms with Crippen LogP contribution in [0.15, 0.2) is 0 Å². The maximum atomic E-state index is 12.0. The van der Waals surface area contributed by atoms with E-state index in [1.807, 2.05) is 0 Å². The monoisotopic (exact) mass is 239 g/mol. The number of aliphatic carboxylic acids is 1. The summed E-state index contributed by atoms with van der Waals surface area (Å²) in [5, 5.41) is 8.54. The number of fused-ring (bicyclic) bond motifs is 1. The van der Waals surface area contributed by atoms with Crippen molar-refractivity contribution in [3.05, 3.63) is 0 Å². The van der Waals surface area contributed by atoms with E-state index in [0.29, 0.717) is 6.42 Å². The SMILES string of the molecule is O=C(O)CCCN1C(=O)[C@H]2CCCC[C@@H]2C1=O. The van der Waals surface area contributed by atoms with E-state index >= 15 is 0 Å². The maximum absolute atomic E-state index is 12.0. The quantitative estimate of drug-likeness (QED) is 0.743. The van der Waals surface area contributed by atoms with Crippen LogP contribution in [0.3, 0.4) is 0 Å². The molecule has 2 amide bonds. The lowest BCUT2D eigenvalue weighted by atomic mass is 9.81. The third-order valence-electron chi connectivity index (χ3n) is 3.70. The highest BCUT2D eigenvalue weighted by molar-refractivity contribution is 6.05. The zero-order valence-electron chi connectivity index (χ0n) is 9.72. The van der Waals surface area contributed by atoms with Gasteiger partial charge in [-0.15, -0.1) is 0 Å². The normalized spacial score (nSPS) is 28.4. The van der Waals surface area contributed by atoms with Crippen molar-refractivity contribution < 1.29 is 19.5 Å². The van der Waals surface area contributed by atoms with Crippen LogP contribution in [0.5, 0.6) is 0 Å². The third-order valence-corrected chi connectivity index (χ3v) is 3.70. The number of likely N-dealkylation sites (tertiary alicyclic amines) is 1. The Morgan fingerprint density at radius 1 is 1.18 bits per heavy atom. The molecule has 1 saturated heterocycles. The van der Waals surface area contributed by atoms with E-state index in [0.717, 1.165) is 25.7 Å². The van der Waals surface area contributed by atoms with E-state index in [1.165, 1.54) is 4.90 Å². The van der Waals surface area contributed by atoms with Crippen LogP contribution in [0.1, 0.15) is 38.5 Å². The molecule has 2 fully saturated rings. The first-order chi connectivity index (χ1) is 8.11. The number of hydrogen-bond donors (Lipinski definition) is 1. The van der Waals surface area contributed by atoms with Gasteiger partial charge in [-0.25, -0.2) is 0 Å². The second-order valence-electron chi connectivity index (χ2n) is 4.82. The van der Waals surface area contributed by atoms with Gasteiger partial charge in [-0.3, -0.25) is 19.3 Å². The second-order valence-corrected chi connectivity index (χ2v) is 4.82. The molecule has 2 atom stereocenters. The first-order valence-corrected chi connectivity index (χ1v) is 6.18. The van der Waals surface area contributed by atoms with Crippen LogP contribution in [0.4, 0.5) is 0 Å². The van der Waals surface area contributed by atoms with Crippen LogP contribution in [0.25, 0.3) is 0 Å². The molecule has 5 heteroatoms. The number of nitrogens with zero attached hydrogens (tertiary/aromatic N) is 1. The topological polar surface area (TPSA) is 74.7 Å². The number of carbonyl (C=O) groups excluding carboxylic acids is 2. The molecule has 1 N–H and O–H groups in total. The zero-order valence-corrected chi connectivity index (χ0v) is 9.72. The second kappa shape index (κ2) is 4.85. The van der Waals surface area contributed by atoms with E-state index in [2.05, 4.69) is 0 Å². The molecule has 1 aliphatic carbocycles. The van der Waals surface area contributed by atoms with Gasteiger partial charge in [0.15, 0.2) is 0 Å². The Morgan fingerprint density at radius 2 is 1.71 bits per heavy atom. The molecule has 94 valence electrons. The number of rotatable bonds is 4. The summed E-state index contributed by atoms with van der Waals surface area (Å²) in [5.41, 5.74) is 0. The fraction of sp³-hybridized carbons (Fsp3) is 0.750. The van der Waals surface area contributed by atoms with Gasteiger partial charge < -0.3 is 5.11 Å². The molecular weight excluding hydrogens is 222 g/mol. The first-order valence-electron chi connectivity index (χ1n) is 6.18. The fourth-order valence-corrected chi connectivity index (χ4v) is 2.84. The highest BCUT2D eigenvalue weighted by Gasteiger charge is 2.47. The van der Waals surface area contributed by atoms with Gasteiger partial charge in [0, 0.05) is 13.0 Å². The Hall–Kier alpha value is -1.39. The van der Waals surface area contributed by atoms with Crippen LogP contribution in [-0.2, 0) is 14.4 Å². The molecule has 17 heavy (non-hydrogen) atoms. The fourth-order valence-electron chi connectivity index (χ4n) is 2.84. The summed E-state index contributed by atoms with van der Waals surface area (Å²) >= 11 is 0. The number of amides is 2. The Kier molecular flexibility index (Phi) is 3.45. The van der Waals surface area contributed by atoms with Crippen molar-refractivity contribution in [2.24, 2.45) is 11.8 Å². The van der Waals surface area contributed by atoms with Gasteiger partial charge in [0.25, 0.3) is 0 Å². The largest absolute Gasteiger partial charge is 0.481 e. The average molecular weight is 239 g/mol. The molecule has 0 aromatic rings. The Labute approximate surface area is 99.8 Å². The molecule has 0 aromatic heterocycles. The van der Waals surface area contributed by atoms with Crippen LogP contribution >= 0.6 is 0 Å². The van der Waals surface area contributed by atoms with E-state index in [1.54, 1.807) is 0 Å². The first kappa shape index (κ1) is 12.1. The van der Waals surface area contributed by atoms with Gasteiger partial charge in [-0.05, 0) is 19.3 Å². The van der Waals surface area contributed by atoms with Gasteiger partial charge in [0.2, 0.25) is 11.8 Å². The molecule has 0 spiro atoms. The highest BCUT2D eigenvalue weighted by atomic mass is 16.4. The molecule has 1 aliphatic heterocycles. The number of carbonyl (C=O) groups is 3. The maximum Gasteiger partial charge on any atom is 0.303 e. The Balaban J connectivity index is 1.96. The number of hydrogen-bond acceptors (Lipinski definition) is 3. The lowest BCUT2D eigenvalue weighted by Crippen LogP contribution is -2.32. The smallest absolute Gasteiger partial charge is 0.303 e. The number of carboxylic acids is 1. The van der Waals surface area contributed by atoms with Crippen LogP contribution in [-0.4, -0.2) is 34.3 Å². The van der Waals surface area contributed by atoms with Crippen molar-refractivity contribution in [2.45, 2.75) is 38.5 Å². The van der Waals surface area contributed by atoms with E-state index in [4.69, 9.17) is 5.11 Å². The zero-order chi connectivity index (χ0) is 12.4. The third kappa shape index (κ3) is 2.33. The van der Waals surface area contributed by atoms with Gasteiger partial charge in [-0.2, -0.15) is 0 Å². The van der Waals surface area contributed by atoms with Crippen molar-refractivity contribution in [3.63, 3.8) is 0 Å². The molecular formula is C12H17NO4. The summed E-state index contributed by atoms with van der Waals surface area (Å²) in [6.45, 7) is 0.261. The standard InChI is InChI=1S/C12H17NO4/c14-10(15)6-3-7-13-11(16)8-4-1-2-5-9(8)12(13)17/h8-9H,1-7H2,(H,14,15)/t8-,9-/m0/s1. The Bertz CT molecular complexity index is 328. The van der Waals surface area contributed by atoms with Crippen molar-refractivity contribution in [3.8, 4) is 0 Å². The van der Waals surface area contributed by atoms with Gasteiger partial charge in [-0.1, -0.05) is 12.8 Å². The summed E-state index contributed by atoms with van der Waals surface area (Å²) in [7, 11) is 0. The lowest BCUT2D eigenvalue weighted by molar-refractivity contribution is -0.142. The summed E-state index contributed by atoms with van der Waals surface area (Å²) < 4.78 is 0. The van der Waals surface area contributed by atoms with Crippen LogP contribution in [0.2, 0.25) is 0 Å². The molecule has 1 saturated carbocycles. The van der Waals surface area contributed by atoms with E-state index < -0.39 is 5.97 Å². The molecule has 2 rings (SSSR count). The van der Waals surface area contributed by atoms with Gasteiger partial charge in [0.1, 0.15) is 0 Å². The molecule has 2 aliphatic rings.